The van der Waals surface area contributed by atoms with Crippen molar-refractivity contribution in [3.05, 3.63) is 28.8 Å². The van der Waals surface area contributed by atoms with Crippen LogP contribution < -0.4 is 4.72 Å². The molecule has 0 aliphatic heterocycles. The number of rotatable bonds is 4. The van der Waals surface area contributed by atoms with E-state index in [1.54, 1.807) is 13.8 Å². The predicted molar refractivity (Wildman–Crippen MR) is 67.5 cm³/mol. The number of hydrogen-bond donors (Lipinski definition) is 2. The molecule has 1 aromatic rings. The number of hydrogen-bond acceptors (Lipinski definition) is 3. The number of aryl methyl sites for hydroxylation is 3. The number of sulfonamides is 1. The lowest BCUT2D eigenvalue weighted by molar-refractivity contribution is 0.198. The molecule has 96 valence electrons. The van der Waals surface area contributed by atoms with E-state index < -0.39 is 16.1 Å². The summed E-state index contributed by atoms with van der Waals surface area (Å²) in [6.45, 7) is 7.04. The van der Waals surface area contributed by atoms with E-state index >= 15 is 0 Å². The van der Waals surface area contributed by atoms with E-state index in [1.165, 1.54) is 6.92 Å². The maximum atomic E-state index is 12.1. The molecule has 0 bridgehead atoms. The van der Waals surface area contributed by atoms with Crippen molar-refractivity contribution in [2.24, 2.45) is 0 Å². The van der Waals surface area contributed by atoms with Crippen LogP contribution in [0.1, 0.15) is 23.6 Å². The Morgan fingerprint density at radius 1 is 1.24 bits per heavy atom. The average Bonchev–Trinajstić information content (AvgIpc) is 2.12. The Morgan fingerprint density at radius 3 is 2.12 bits per heavy atom. The van der Waals surface area contributed by atoms with Crippen molar-refractivity contribution >= 4 is 10.0 Å². The molecule has 4 nitrogen and oxygen atoms in total. The maximum Gasteiger partial charge on any atom is 0.241 e. The number of nitrogens with one attached hydrogen (secondary N) is 1. The molecular weight excluding hydrogens is 238 g/mol. The van der Waals surface area contributed by atoms with E-state index in [2.05, 4.69) is 4.72 Å². The van der Waals surface area contributed by atoms with Gasteiger partial charge in [-0.25, -0.2) is 13.1 Å². The second-order valence-corrected chi connectivity index (χ2v) is 6.13. The molecule has 2 N–H and O–H groups in total. The molecule has 0 aliphatic carbocycles. The van der Waals surface area contributed by atoms with Crippen LogP contribution >= 0.6 is 0 Å². The topological polar surface area (TPSA) is 66.4 Å². The Bertz CT molecular complexity index is 483. The Balaban J connectivity index is 3.16. The maximum absolute atomic E-state index is 12.1. The molecule has 0 spiro atoms. The first-order valence-electron chi connectivity index (χ1n) is 5.49. The minimum atomic E-state index is -3.54. The van der Waals surface area contributed by atoms with Gasteiger partial charge in [0.15, 0.2) is 0 Å². The standard InChI is InChI=1S/C12H19NO3S/c1-8-5-9(2)12(10(3)6-8)17(15,16)13-7-11(4)14/h5-6,11,13-14H,7H2,1-4H3/t11-/m0/s1. The molecule has 5 heteroatoms. The van der Waals surface area contributed by atoms with Crippen molar-refractivity contribution in [1.82, 2.24) is 4.72 Å². The van der Waals surface area contributed by atoms with E-state index in [4.69, 9.17) is 5.11 Å². The molecule has 0 unspecified atom stereocenters. The average molecular weight is 257 g/mol. The summed E-state index contributed by atoms with van der Waals surface area (Å²) in [6.07, 6.45) is -0.698. The highest BCUT2D eigenvalue weighted by Crippen LogP contribution is 2.21. The zero-order valence-corrected chi connectivity index (χ0v) is 11.4. The van der Waals surface area contributed by atoms with E-state index in [0.29, 0.717) is 4.90 Å². The molecule has 1 aromatic carbocycles. The van der Waals surface area contributed by atoms with Gasteiger partial charge in [-0.05, 0) is 38.8 Å². The van der Waals surface area contributed by atoms with Gasteiger partial charge >= 0.3 is 0 Å². The molecule has 0 saturated carbocycles. The van der Waals surface area contributed by atoms with Gasteiger partial charge in [0.1, 0.15) is 0 Å². The van der Waals surface area contributed by atoms with Gasteiger partial charge in [0.25, 0.3) is 0 Å². The Morgan fingerprint density at radius 2 is 1.71 bits per heavy atom. The third kappa shape index (κ3) is 3.52. The zero-order valence-electron chi connectivity index (χ0n) is 10.6. The summed E-state index contributed by atoms with van der Waals surface area (Å²) >= 11 is 0. The van der Waals surface area contributed by atoms with Gasteiger partial charge in [-0.1, -0.05) is 17.7 Å². The molecule has 0 fully saturated rings. The summed E-state index contributed by atoms with van der Waals surface area (Å²) in [4.78, 5) is 0.309. The highest BCUT2D eigenvalue weighted by atomic mass is 32.2. The lowest BCUT2D eigenvalue weighted by atomic mass is 10.1. The molecule has 1 atom stereocenters. The molecule has 0 aromatic heterocycles. The fourth-order valence-electron chi connectivity index (χ4n) is 1.89. The molecule has 0 heterocycles. The first kappa shape index (κ1) is 14.2. The molecule has 1 rings (SSSR count). The molecule has 0 amide bonds. The summed E-state index contributed by atoms with van der Waals surface area (Å²) < 4.78 is 26.5. The lowest BCUT2D eigenvalue weighted by Crippen LogP contribution is -2.31. The largest absolute Gasteiger partial charge is 0.392 e. The highest BCUT2D eigenvalue weighted by molar-refractivity contribution is 7.89. The summed E-state index contributed by atoms with van der Waals surface area (Å²) in [5.41, 5.74) is 2.48. The van der Waals surface area contributed by atoms with Crippen LogP contribution in [0.15, 0.2) is 17.0 Å². The summed E-state index contributed by atoms with van der Waals surface area (Å²) in [5, 5.41) is 9.12. The Hall–Kier alpha value is -0.910. The number of aliphatic hydroxyl groups excluding tert-OH is 1. The Labute approximate surface area is 103 Å². The van der Waals surface area contributed by atoms with Crippen molar-refractivity contribution in [3.63, 3.8) is 0 Å². The van der Waals surface area contributed by atoms with E-state index in [9.17, 15) is 8.42 Å². The third-order valence-electron chi connectivity index (χ3n) is 2.44. The van der Waals surface area contributed by atoms with Crippen LogP contribution in [0.3, 0.4) is 0 Å². The summed E-state index contributed by atoms with van der Waals surface area (Å²) in [5.74, 6) is 0. The van der Waals surface area contributed by atoms with Gasteiger partial charge in [-0.15, -0.1) is 0 Å². The minimum absolute atomic E-state index is 0.0229. The highest BCUT2D eigenvalue weighted by Gasteiger charge is 2.19. The first-order valence-corrected chi connectivity index (χ1v) is 6.98. The molecule has 17 heavy (non-hydrogen) atoms. The fraction of sp³-hybridized carbons (Fsp3) is 0.500. The van der Waals surface area contributed by atoms with Crippen molar-refractivity contribution < 1.29 is 13.5 Å². The quantitative estimate of drug-likeness (QED) is 0.853. The van der Waals surface area contributed by atoms with Crippen LogP contribution in [0.2, 0.25) is 0 Å². The van der Waals surface area contributed by atoms with Crippen LogP contribution in [0.5, 0.6) is 0 Å². The van der Waals surface area contributed by atoms with Gasteiger partial charge in [-0.3, -0.25) is 0 Å². The molecule has 0 saturated heterocycles. The van der Waals surface area contributed by atoms with Crippen LogP contribution in [-0.2, 0) is 10.0 Å². The fourth-order valence-corrected chi connectivity index (χ4v) is 3.46. The van der Waals surface area contributed by atoms with E-state index in [0.717, 1.165) is 16.7 Å². The van der Waals surface area contributed by atoms with Crippen molar-refractivity contribution in [1.29, 1.82) is 0 Å². The van der Waals surface area contributed by atoms with Gasteiger partial charge in [0, 0.05) is 6.54 Å². The van der Waals surface area contributed by atoms with Crippen LogP contribution in [0.4, 0.5) is 0 Å². The third-order valence-corrected chi connectivity index (χ3v) is 4.17. The zero-order chi connectivity index (χ0) is 13.2. The van der Waals surface area contributed by atoms with Gasteiger partial charge < -0.3 is 5.11 Å². The monoisotopic (exact) mass is 257 g/mol. The number of aliphatic hydroxyl groups is 1. The van der Waals surface area contributed by atoms with Crippen molar-refractivity contribution in [2.45, 2.75) is 38.7 Å². The van der Waals surface area contributed by atoms with Gasteiger partial charge in [0.2, 0.25) is 10.0 Å². The Kier molecular flexibility index (Phi) is 4.30. The molecule has 0 aliphatic rings. The van der Waals surface area contributed by atoms with E-state index in [-0.39, 0.29) is 6.54 Å². The minimum Gasteiger partial charge on any atom is -0.392 e. The first-order chi connectivity index (χ1) is 7.74. The number of benzene rings is 1. The SMILES string of the molecule is Cc1cc(C)c(S(=O)(=O)NC[C@H](C)O)c(C)c1. The molecule has 0 radical (unpaired) electrons. The van der Waals surface area contributed by atoms with Gasteiger partial charge in [0.05, 0.1) is 11.0 Å². The second kappa shape index (κ2) is 5.16. The summed E-state index contributed by atoms with van der Waals surface area (Å²) in [7, 11) is -3.54. The smallest absolute Gasteiger partial charge is 0.241 e. The summed E-state index contributed by atoms with van der Waals surface area (Å²) in [6, 6.07) is 3.67. The van der Waals surface area contributed by atoms with Crippen LogP contribution in [0, 0.1) is 20.8 Å². The predicted octanol–water partition coefficient (Wildman–Crippen LogP) is 1.27. The van der Waals surface area contributed by atoms with Crippen molar-refractivity contribution in [2.75, 3.05) is 6.54 Å². The van der Waals surface area contributed by atoms with Crippen molar-refractivity contribution in [3.8, 4) is 0 Å². The molecular formula is C12H19NO3S. The lowest BCUT2D eigenvalue weighted by Gasteiger charge is -2.13. The van der Waals surface area contributed by atoms with Crippen LogP contribution in [-0.4, -0.2) is 26.2 Å². The van der Waals surface area contributed by atoms with Gasteiger partial charge in [-0.2, -0.15) is 0 Å². The van der Waals surface area contributed by atoms with Crippen LogP contribution in [0.25, 0.3) is 0 Å². The van der Waals surface area contributed by atoms with E-state index in [1.807, 2.05) is 19.1 Å². The normalized spacial score (nSPS) is 13.7. The second-order valence-electron chi connectivity index (χ2n) is 4.43.